The first-order valence-electron chi connectivity index (χ1n) is 10.6. The molecule has 0 radical (unpaired) electrons. The first kappa shape index (κ1) is 22.4. The van der Waals surface area contributed by atoms with Gasteiger partial charge in [0.25, 0.3) is 0 Å². The maximum absolute atomic E-state index is 12.3. The van der Waals surface area contributed by atoms with Gasteiger partial charge in [0.15, 0.2) is 0 Å². The molecule has 4 N–H and O–H groups in total. The summed E-state index contributed by atoms with van der Waals surface area (Å²) in [6, 6.07) is 12.5. The minimum Gasteiger partial charge on any atom is -0.492 e. The molecule has 9 nitrogen and oxygen atoms in total. The van der Waals surface area contributed by atoms with E-state index in [9.17, 15) is 13.5 Å². The van der Waals surface area contributed by atoms with Crippen LogP contribution in [0.25, 0.3) is 10.9 Å². The molecule has 10 heteroatoms. The van der Waals surface area contributed by atoms with Gasteiger partial charge in [-0.1, -0.05) is 18.6 Å². The monoisotopic (exact) mass is 460 g/mol. The number of rotatable bonds is 11. The van der Waals surface area contributed by atoms with Crippen molar-refractivity contribution in [1.29, 1.82) is 0 Å². The van der Waals surface area contributed by atoms with Gasteiger partial charge in [0.05, 0.1) is 29.4 Å². The van der Waals surface area contributed by atoms with Crippen LogP contribution in [0, 0.1) is 0 Å². The highest BCUT2D eigenvalue weighted by Gasteiger charge is 2.31. The molecule has 0 amide bonds. The third-order valence-corrected chi connectivity index (χ3v) is 7.47. The Balaban J connectivity index is 1.23. The molecule has 1 aromatic heterocycles. The topological polar surface area (TPSA) is 126 Å². The van der Waals surface area contributed by atoms with Gasteiger partial charge in [-0.2, -0.15) is 0 Å². The number of ether oxygens (including phenoxy) is 2. The van der Waals surface area contributed by atoms with E-state index in [1.54, 1.807) is 31.4 Å². The fourth-order valence-electron chi connectivity index (χ4n) is 3.55. The number of nitrogens with one attached hydrogen (secondary N) is 3. The zero-order valence-corrected chi connectivity index (χ0v) is 18.7. The average molecular weight is 461 g/mol. The van der Waals surface area contributed by atoms with Crippen molar-refractivity contribution in [2.45, 2.75) is 30.6 Å². The first-order valence-corrected chi connectivity index (χ1v) is 12.2. The number of nitrogens with zero attached hydrogens (tertiary/aromatic N) is 1. The van der Waals surface area contributed by atoms with Gasteiger partial charge in [-0.15, -0.1) is 5.10 Å². The van der Waals surface area contributed by atoms with Gasteiger partial charge in [-0.25, -0.2) is 8.42 Å². The molecule has 0 unspecified atom stereocenters. The van der Waals surface area contributed by atoms with Crippen molar-refractivity contribution in [1.82, 2.24) is 15.5 Å². The van der Waals surface area contributed by atoms with Crippen molar-refractivity contribution in [3.8, 4) is 11.6 Å². The third-order valence-electron chi connectivity index (χ3n) is 5.60. The van der Waals surface area contributed by atoms with E-state index in [2.05, 4.69) is 20.2 Å². The predicted molar refractivity (Wildman–Crippen MR) is 123 cm³/mol. The molecule has 0 aliphatic heterocycles. The van der Waals surface area contributed by atoms with Crippen LogP contribution in [0.1, 0.15) is 30.9 Å². The highest BCUT2D eigenvalue weighted by molar-refractivity contribution is 7.93. The lowest BCUT2D eigenvalue weighted by atomic mass is 10.0. The van der Waals surface area contributed by atoms with Gasteiger partial charge in [0.1, 0.15) is 12.4 Å². The molecule has 3 aromatic rings. The summed E-state index contributed by atoms with van der Waals surface area (Å²) in [5.41, 5.74) is 1.95. The van der Waals surface area contributed by atoms with Crippen molar-refractivity contribution in [3.63, 3.8) is 0 Å². The molecule has 1 fully saturated rings. The maximum Gasteiger partial charge on any atom is 0.240 e. The van der Waals surface area contributed by atoms with Crippen LogP contribution in [0.5, 0.6) is 11.6 Å². The van der Waals surface area contributed by atoms with Crippen molar-refractivity contribution < 1.29 is 23.0 Å². The van der Waals surface area contributed by atoms with Crippen molar-refractivity contribution in [3.05, 3.63) is 48.0 Å². The molecule has 1 aliphatic carbocycles. The Morgan fingerprint density at radius 2 is 2.09 bits per heavy atom. The summed E-state index contributed by atoms with van der Waals surface area (Å²) in [6.07, 6.45) is 1.59. The summed E-state index contributed by atoms with van der Waals surface area (Å²) >= 11 is 0. The van der Waals surface area contributed by atoms with E-state index in [-0.39, 0.29) is 5.25 Å². The van der Waals surface area contributed by atoms with Gasteiger partial charge in [-0.3, -0.25) is 9.82 Å². The van der Waals surface area contributed by atoms with E-state index in [0.717, 1.165) is 17.3 Å². The quantitative estimate of drug-likeness (QED) is 0.324. The van der Waals surface area contributed by atoms with Gasteiger partial charge in [0.2, 0.25) is 15.9 Å². The Bertz CT molecular complexity index is 1160. The number of aliphatic hydroxyl groups is 1. The number of benzene rings is 2. The molecule has 1 saturated carbocycles. The second-order valence-corrected chi connectivity index (χ2v) is 9.79. The minimum atomic E-state index is -3.36. The number of aromatic amines is 1. The molecule has 1 aliphatic rings. The number of aromatic nitrogens is 2. The lowest BCUT2D eigenvalue weighted by molar-refractivity contribution is 0.172. The van der Waals surface area contributed by atoms with E-state index >= 15 is 0 Å². The molecule has 172 valence electrons. The van der Waals surface area contributed by atoms with Crippen LogP contribution in [-0.4, -0.2) is 55.8 Å². The molecular weight excluding hydrogens is 432 g/mol. The van der Waals surface area contributed by atoms with E-state index < -0.39 is 16.1 Å². The number of fused-ring (bicyclic) bond motifs is 1. The zero-order valence-electron chi connectivity index (χ0n) is 17.9. The fraction of sp³-hybridized carbons (Fsp3) is 0.409. The van der Waals surface area contributed by atoms with Crippen LogP contribution in [0.15, 0.2) is 42.5 Å². The van der Waals surface area contributed by atoms with Crippen molar-refractivity contribution in [2.24, 2.45) is 0 Å². The number of hydrogen-bond acceptors (Lipinski definition) is 7. The van der Waals surface area contributed by atoms with Crippen LogP contribution >= 0.6 is 0 Å². The molecule has 0 spiro atoms. The molecule has 4 rings (SSSR count). The van der Waals surface area contributed by atoms with Crippen LogP contribution in [0.4, 0.5) is 5.69 Å². The molecule has 2 aromatic carbocycles. The molecule has 32 heavy (non-hydrogen) atoms. The Kier molecular flexibility index (Phi) is 6.83. The zero-order chi connectivity index (χ0) is 22.6. The van der Waals surface area contributed by atoms with E-state index in [0.29, 0.717) is 55.4 Å². The molecular formula is C22H28N4O5S. The largest absolute Gasteiger partial charge is 0.492 e. The van der Waals surface area contributed by atoms with E-state index in [4.69, 9.17) is 9.47 Å². The van der Waals surface area contributed by atoms with Gasteiger partial charge in [0, 0.05) is 24.8 Å². The standard InChI is InChI=1S/C22H28N4O5S/c1-30-22-19-9-8-17(13-20(19)24-25-22)31-11-10-23-14-21(27)15-4-2-5-16(12-15)26-32(28,29)18-6-3-7-18/h2,4-5,8-9,12-13,18,21,23,26-27H,3,6-7,10-11,14H2,1H3,(H,24,25)/t21-/m0/s1. The Hall–Kier alpha value is -2.82. The Labute approximate surface area is 187 Å². The summed E-state index contributed by atoms with van der Waals surface area (Å²) in [4.78, 5) is 0. The molecule has 0 saturated heterocycles. The number of anilines is 1. The normalized spacial score (nSPS) is 15.3. The molecule has 0 bridgehead atoms. The summed E-state index contributed by atoms with van der Waals surface area (Å²) in [6.45, 7) is 1.28. The Morgan fingerprint density at radius 3 is 2.84 bits per heavy atom. The number of hydrogen-bond donors (Lipinski definition) is 4. The average Bonchev–Trinajstić information content (AvgIpc) is 3.14. The van der Waals surface area contributed by atoms with E-state index in [1.807, 2.05) is 18.2 Å². The first-order chi connectivity index (χ1) is 15.5. The van der Waals surface area contributed by atoms with Crippen LogP contribution in [-0.2, 0) is 10.0 Å². The maximum atomic E-state index is 12.3. The predicted octanol–water partition coefficient (Wildman–Crippen LogP) is 2.57. The second kappa shape index (κ2) is 9.76. The minimum absolute atomic E-state index is 0.311. The molecule has 1 atom stereocenters. The van der Waals surface area contributed by atoms with Crippen LogP contribution in [0.3, 0.4) is 0 Å². The second-order valence-electron chi connectivity index (χ2n) is 7.83. The number of H-pyrrole nitrogens is 1. The van der Waals surface area contributed by atoms with E-state index in [1.165, 1.54) is 0 Å². The van der Waals surface area contributed by atoms with Crippen molar-refractivity contribution >= 4 is 26.6 Å². The lowest BCUT2D eigenvalue weighted by Crippen LogP contribution is -2.33. The van der Waals surface area contributed by atoms with Gasteiger partial charge in [-0.05, 0) is 42.7 Å². The summed E-state index contributed by atoms with van der Waals surface area (Å²) in [7, 11) is -1.79. The summed E-state index contributed by atoms with van der Waals surface area (Å²) in [5.74, 6) is 1.25. The SMILES string of the molecule is COc1n[nH]c2cc(OCCNC[C@H](O)c3cccc(NS(=O)(=O)C4CCC4)c3)ccc12. The molecule has 1 heterocycles. The van der Waals surface area contributed by atoms with Crippen LogP contribution in [0.2, 0.25) is 0 Å². The lowest BCUT2D eigenvalue weighted by Gasteiger charge is -2.25. The number of sulfonamides is 1. The summed E-state index contributed by atoms with van der Waals surface area (Å²) in [5, 5.41) is 21.2. The summed E-state index contributed by atoms with van der Waals surface area (Å²) < 4.78 is 38.2. The highest BCUT2D eigenvalue weighted by atomic mass is 32.2. The fourth-order valence-corrected chi connectivity index (χ4v) is 5.13. The van der Waals surface area contributed by atoms with Crippen LogP contribution < -0.4 is 19.5 Å². The highest BCUT2D eigenvalue weighted by Crippen LogP contribution is 2.28. The number of aliphatic hydroxyl groups excluding tert-OH is 1. The van der Waals surface area contributed by atoms with Gasteiger partial charge < -0.3 is 19.9 Å². The third kappa shape index (κ3) is 5.14. The smallest absolute Gasteiger partial charge is 0.240 e. The number of methoxy groups -OCH3 is 1. The van der Waals surface area contributed by atoms with Gasteiger partial charge >= 0.3 is 0 Å². The Morgan fingerprint density at radius 1 is 1.25 bits per heavy atom. The van der Waals surface area contributed by atoms with Crippen molar-refractivity contribution in [2.75, 3.05) is 31.5 Å².